The van der Waals surface area contributed by atoms with Crippen molar-refractivity contribution in [3.8, 4) is 11.3 Å². The van der Waals surface area contributed by atoms with Crippen LogP contribution in [0.5, 0.6) is 0 Å². The predicted octanol–water partition coefficient (Wildman–Crippen LogP) is 4.27. The maximum absolute atomic E-state index is 13.0. The first-order valence-electron chi connectivity index (χ1n) is 8.93. The first-order chi connectivity index (χ1) is 13.8. The van der Waals surface area contributed by atoms with Crippen molar-refractivity contribution >= 4 is 17.5 Å². The largest absolute Gasteiger partial charge is 0.416 e. The highest BCUT2D eigenvalue weighted by atomic mass is 19.4. The fourth-order valence-corrected chi connectivity index (χ4v) is 2.56. The van der Waals surface area contributed by atoms with E-state index in [-0.39, 0.29) is 5.69 Å². The number of hydrogen-bond acceptors (Lipinski definition) is 6. The number of nitrogens with one attached hydrogen (secondary N) is 2. The van der Waals surface area contributed by atoms with E-state index in [9.17, 15) is 13.2 Å². The van der Waals surface area contributed by atoms with E-state index >= 15 is 0 Å². The van der Waals surface area contributed by atoms with Crippen LogP contribution in [0.1, 0.15) is 5.56 Å². The average Bonchev–Trinajstić information content (AvgIpc) is 2.68. The zero-order valence-electron chi connectivity index (χ0n) is 16.0. The van der Waals surface area contributed by atoms with Gasteiger partial charge < -0.3 is 15.5 Å². The number of pyridine rings is 1. The van der Waals surface area contributed by atoms with Crippen molar-refractivity contribution in [3.63, 3.8) is 0 Å². The summed E-state index contributed by atoms with van der Waals surface area (Å²) in [6, 6.07) is 10.3. The van der Waals surface area contributed by atoms with Crippen molar-refractivity contribution < 1.29 is 13.2 Å². The molecule has 1 aromatic carbocycles. The molecule has 3 aromatic rings. The molecule has 9 heteroatoms. The molecule has 0 atom stereocenters. The van der Waals surface area contributed by atoms with E-state index in [2.05, 4.69) is 25.6 Å². The summed E-state index contributed by atoms with van der Waals surface area (Å²) in [5, 5.41) is 6.09. The highest BCUT2D eigenvalue weighted by molar-refractivity contribution is 5.67. The summed E-state index contributed by atoms with van der Waals surface area (Å²) < 4.78 is 39.0. The van der Waals surface area contributed by atoms with Crippen LogP contribution in [0, 0.1) is 0 Å². The summed E-state index contributed by atoms with van der Waals surface area (Å²) in [5.74, 6) is 0.758. The normalized spacial score (nSPS) is 11.5. The predicted molar refractivity (Wildman–Crippen MR) is 107 cm³/mol. The standard InChI is InChI=1S/C20H21F3N6/c1-29(2)10-9-25-19-27-17(14-5-4-8-24-13-14)12-18(28-19)26-16-7-3-6-15(11-16)20(21,22)23/h3-8,11-13H,9-10H2,1-2H3,(H2,25,26,27,28). The van der Waals surface area contributed by atoms with Gasteiger partial charge >= 0.3 is 6.18 Å². The van der Waals surface area contributed by atoms with Gasteiger partial charge in [-0.3, -0.25) is 4.98 Å². The molecule has 0 saturated carbocycles. The second kappa shape index (κ2) is 8.87. The summed E-state index contributed by atoms with van der Waals surface area (Å²) in [4.78, 5) is 15.0. The molecule has 0 radical (unpaired) electrons. The topological polar surface area (TPSA) is 66.0 Å². The summed E-state index contributed by atoms with van der Waals surface area (Å²) in [6.45, 7) is 1.39. The molecule has 2 N–H and O–H groups in total. The lowest BCUT2D eigenvalue weighted by Crippen LogP contribution is -2.21. The molecule has 3 rings (SSSR count). The number of nitrogens with zero attached hydrogens (tertiary/aromatic N) is 4. The van der Waals surface area contributed by atoms with E-state index in [1.807, 2.05) is 25.1 Å². The van der Waals surface area contributed by atoms with Crippen molar-refractivity contribution in [1.29, 1.82) is 0 Å². The molecule has 2 aromatic heterocycles. The van der Waals surface area contributed by atoms with Crippen molar-refractivity contribution in [2.75, 3.05) is 37.8 Å². The molecule has 29 heavy (non-hydrogen) atoms. The number of halogens is 3. The number of aromatic nitrogens is 3. The monoisotopic (exact) mass is 402 g/mol. The van der Waals surface area contributed by atoms with Gasteiger partial charge in [-0.15, -0.1) is 0 Å². The van der Waals surface area contributed by atoms with E-state index in [1.165, 1.54) is 6.07 Å². The summed E-state index contributed by atoms with van der Waals surface area (Å²) in [7, 11) is 3.91. The molecule has 0 aliphatic rings. The Morgan fingerprint density at radius 3 is 2.55 bits per heavy atom. The van der Waals surface area contributed by atoms with Crippen LogP contribution in [-0.4, -0.2) is 47.0 Å². The van der Waals surface area contributed by atoms with Gasteiger partial charge in [0.05, 0.1) is 11.3 Å². The van der Waals surface area contributed by atoms with Crippen molar-refractivity contribution in [1.82, 2.24) is 19.9 Å². The van der Waals surface area contributed by atoms with Gasteiger partial charge in [0.1, 0.15) is 5.82 Å². The second-order valence-electron chi connectivity index (χ2n) is 6.64. The van der Waals surface area contributed by atoms with E-state index in [4.69, 9.17) is 0 Å². The molecule has 0 unspecified atom stereocenters. The fraction of sp³-hybridized carbons (Fsp3) is 0.250. The van der Waals surface area contributed by atoms with Crippen LogP contribution >= 0.6 is 0 Å². The number of alkyl halides is 3. The Hall–Kier alpha value is -3.20. The Kier molecular flexibility index (Phi) is 6.28. The number of benzene rings is 1. The van der Waals surface area contributed by atoms with Crippen LogP contribution in [0.4, 0.5) is 30.6 Å². The number of hydrogen-bond donors (Lipinski definition) is 2. The minimum absolute atomic E-state index is 0.287. The Morgan fingerprint density at radius 2 is 1.86 bits per heavy atom. The van der Waals surface area contributed by atoms with Crippen LogP contribution < -0.4 is 10.6 Å². The summed E-state index contributed by atoms with van der Waals surface area (Å²) in [6.07, 6.45) is -1.09. The molecule has 0 saturated heterocycles. The maximum Gasteiger partial charge on any atom is 0.416 e. The van der Waals surface area contributed by atoms with E-state index in [1.54, 1.807) is 30.6 Å². The molecular weight excluding hydrogens is 381 g/mol. The molecular formula is C20H21F3N6. The second-order valence-corrected chi connectivity index (χ2v) is 6.64. The maximum atomic E-state index is 13.0. The fourth-order valence-electron chi connectivity index (χ4n) is 2.56. The first kappa shape index (κ1) is 20.5. The number of rotatable bonds is 7. The van der Waals surface area contributed by atoms with Crippen molar-refractivity contribution in [2.45, 2.75) is 6.18 Å². The van der Waals surface area contributed by atoms with Crippen molar-refractivity contribution in [2.24, 2.45) is 0 Å². The quantitative estimate of drug-likeness (QED) is 0.615. The zero-order chi connectivity index (χ0) is 20.9. The highest BCUT2D eigenvalue weighted by Gasteiger charge is 2.30. The summed E-state index contributed by atoms with van der Waals surface area (Å²) in [5.41, 5.74) is 0.941. The third-order valence-electron chi connectivity index (χ3n) is 3.99. The van der Waals surface area contributed by atoms with Gasteiger partial charge in [-0.05, 0) is 44.4 Å². The Labute approximate surface area is 166 Å². The lowest BCUT2D eigenvalue weighted by Gasteiger charge is -2.14. The number of anilines is 3. The molecule has 0 amide bonds. The van der Waals surface area contributed by atoms with Gasteiger partial charge in [0, 0.05) is 42.8 Å². The van der Waals surface area contributed by atoms with Crippen molar-refractivity contribution in [3.05, 3.63) is 60.4 Å². The SMILES string of the molecule is CN(C)CCNc1nc(Nc2cccc(C(F)(F)F)c2)cc(-c2cccnc2)n1. The van der Waals surface area contributed by atoms with E-state index in [0.717, 1.165) is 24.2 Å². The van der Waals surface area contributed by atoms with Crippen LogP contribution in [0.25, 0.3) is 11.3 Å². The molecule has 152 valence electrons. The van der Waals surface area contributed by atoms with E-state index in [0.29, 0.717) is 24.0 Å². The Bertz CT molecular complexity index is 944. The molecule has 2 heterocycles. The minimum Gasteiger partial charge on any atom is -0.353 e. The lowest BCUT2D eigenvalue weighted by atomic mass is 10.2. The zero-order valence-corrected chi connectivity index (χ0v) is 16.0. The third kappa shape index (κ3) is 5.89. The molecule has 0 bridgehead atoms. The summed E-state index contributed by atoms with van der Waals surface area (Å²) >= 11 is 0. The molecule has 0 aliphatic heterocycles. The third-order valence-corrected chi connectivity index (χ3v) is 3.99. The smallest absolute Gasteiger partial charge is 0.353 e. The van der Waals surface area contributed by atoms with Gasteiger partial charge in [-0.2, -0.15) is 18.2 Å². The van der Waals surface area contributed by atoms with Crippen LogP contribution in [0.3, 0.4) is 0 Å². The van der Waals surface area contributed by atoms with Gasteiger partial charge in [-0.1, -0.05) is 6.07 Å². The van der Waals surface area contributed by atoms with E-state index < -0.39 is 11.7 Å². The molecule has 0 fully saturated rings. The van der Waals surface area contributed by atoms with Crippen LogP contribution in [-0.2, 0) is 6.18 Å². The van der Waals surface area contributed by atoms with Gasteiger partial charge in [0.25, 0.3) is 0 Å². The molecule has 0 aliphatic carbocycles. The lowest BCUT2D eigenvalue weighted by molar-refractivity contribution is -0.137. The van der Waals surface area contributed by atoms with Crippen LogP contribution in [0.2, 0.25) is 0 Å². The highest BCUT2D eigenvalue weighted by Crippen LogP contribution is 2.31. The van der Waals surface area contributed by atoms with Gasteiger partial charge in [0.2, 0.25) is 5.95 Å². The molecule has 0 spiro atoms. The first-order valence-corrected chi connectivity index (χ1v) is 8.93. The average molecular weight is 402 g/mol. The molecule has 6 nitrogen and oxygen atoms in total. The van der Waals surface area contributed by atoms with Crippen LogP contribution in [0.15, 0.2) is 54.9 Å². The Balaban J connectivity index is 1.90. The Morgan fingerprint density at radius 1 is 1.03 bits per heavy atom. The minimum atomic E-state index is -4.41. The van der Waals surface area contributed by atoms with Gasteiger partial charge in [-0.25, -0.2) is 4.98 Å². The number of likely N-dealkylation sites (N-methyl/N-ethyl adjacent to an activating group) is 1. The van der Waals surface area contributed by atoms with Gasteiger partial charge in [0.15, 0.2) is 0 Å².